The molecule has 0 bridgehead atoms. The summed E-state index contributed by atoms with van der Waals surface area (Å²) in [4.78, 5) is 6.38. The third kappa shape index (κ3) is 2.53. The van der Waals surface area contributed by atoms with E-state index in [0.717, 1.165) is 31.3 Å². The molecule has 0 saturated carbocycles. The molecule has 0 unspecified atom stereocenters. The maximum absolute atomic E-state index is 6.01. The molecule has 2 N–H and O–H groups in total. The van der Waals surface area contributed by atoms with Crippen LogP contribution >= 0.6 is 23.4 Å². The van der Waals surface area contributed by atoms with E-state index in [1.807, 2.05) is 42.5 Å². The number of aromatic nitrogens is 1. The van der Waals surface area contributed by atoms with Crippen molar-refractivity contribution in [1.82, 2.24) is 4.98 Å². The molecule has 0 aliphatic rings. The van der Waals surface area contributed by atoms with Gasteiger partial charge in [0.25, 0.3) is 0 Å². The first-order valence-corrected chi connectivity index (χ1v) is 6.99. The number of benzene rings is 2. The summed E-state index contributed by atoms with van der Waals surface area (Å²) < 4.78 is 0. The predicted molar refractivity (Wildman–Crippen MR) is 81.7 cm³/mol. The minimum absolute atomic E-state index is 0.742. The average molecular weight is 287 g/mol. The molecular weight excluding hydrogens is 276 g/mol. The van der Waals surface area contributed by atoms with Gasteiger partial charge in [0.1, 0.15) is 0 Å². The zero-order valence-corrected chi connectivity index (χ0v) is 11.6. The molecule has 0 fully saturated rings. The van der Waals surface area contributed by atoms with Crippen molar-refractivity contribution in [3.63, 3.8) is 0 Å². The van der Waals surface area contributed by atoms with Gasteiger partial charge in [0.15, 0.2) is 0 Å². The Kier molecular flexibility index (Phi) is 3.32. The zero-order valence-electron chi connectivity index (χ0n) is 10.0. The number of nitrogens with two attached hydrogens (primary N) is 1. The monoisotopic (exact) mass is 286 g/mol. The number of nitrogens with zero attached hydrogens (tertiary/aromatic N) is 1. The molecule has 3 rings (SSSR count). The van der Waals surface area contributed by atoms with Crippen molar-refractivity contribution in [3.05, 3.63) is 59.9 Å². The van der Waals surface area contributed by atoms with Crippen LogP contribution in [-0.2, 0) is 0 Å². The van der Waals surface area contributed by atoms with Gasteiger partial charge in [0, 0.05) is 43.7 Å². The smallest absolute Gasteiger partial charge is 0.0417 e. The number of hydrogen-bond acceptors (Lipinski definition) is 3. The number of anilines is 1. The lowest BCUT2D eigenvalue weighted by Crippen LogP contribution is -1.89. The molecule has 0 aliphatic carbocycles. The summed E-state index contributed by atoms with van der Waals surface area (Å²) in [6.07, 6.45) is 3.58. The molecule has 0 amide bonds. The Morgan fingerprint density at radius 2 is 1.95 bits per heavy atom. The second-order valence-corrected chi connectivity index (χ2v) is 5.69. The third-order valence-electron chi connectivity index (χ3n) is 2.84. The van der Waals surface area contributed by atoms with Crippen molar-refractivity contribution in [2.75, 3.05) is 5.73 Å². The number of rotatable bonds is 2. The minimum atomic E-state index is 0.742. The highest BCUT2D eigenvalue weighted by molar-refractivity contribution is 7.99. The maximum Gasteiger partial charge on any atom is 0.0417 e. The van der Waals surface area contributed by atoms with Gasteiger partial charge >= 0.3 is 0 Å². The summed E-state index contributed by atoms with van der Waals surface area (Å²) in [6.45, 7) is 0. The van der Waals surface area contributed by atoms with E-state index in [0.29, 0.717) is 0 Å². The zero-order chi connectivity index (χ0) is 13.2. The van der Waals surface area contributed by atoms with Crippen molar-refractivity contribution in [3.8, 4) is 0 Å². The van der Waals surface area contributed by atoms with E-state index in [-0.39, 0.29) is 0 Å². The first kappa shape index (κ1) is 12.3. The standard InChI is InChI=1S/C15H11ClN2S/c16-10-2-1-3-11(8-10)19-15-5-4-14(17)13-9-18-7-6-12(13)15/h1-9H,17H2. The van der Waals surface area contributed by atoms with Gasteiger partial charge in [-0.1, -0.05) is 29.4 Å². The average Bonchev–Trinajstić information content (AvgIpc) is 2.42. The highest BCUT2D eigenvalue weighted by Gasteiger charge is 2.06. The van der Waals surface area contributed by atoms with Crippen LogP contribution in [-0.4, -0.2) is 4.98 Å². The van der Waals surface area contributed by atoms with Crippen LogP contribution in [0.2, 0.25) is 5.02 Å². The number of pyridine rings is 1. The summed E-state index contributed by atoms with van der Waals surface area (Å²) in [6, 6.07) is 13.7. The Hall–Kier alpha value is -1.71. The van der Waals surface area contributed by atoms with Crippen LogP contribution in [0, 0.1) is 0 Å². The van der Waals surface area contributed by atoms with Crippen molar-refractivity contribution in [2.24, 2.45) is 0 Å². The maximum atomic E-state index is 6.01. The number of fused-ring (bicyclic) bond motifs is 1. The normalized spacial score (nSPS) is 10.8. The fourth-order valence-corrected chi connectivity index (χ4v) is 3.20. The summed E-state index contributed by atoms with van der Waals surface area (Å²) in [5.74, 6) is 0. The van der Waals surface area contributed by atoms with Gasteiger partial charge in [0.2, 0.25) is 0 Å². The topological polar surface area (TPSA) is 38.9 Å². The second-order valence-electron chi connectivity index (χ2n) is 4.13. The van der Waals surface area contributed by atoms with Crippen molar-refractivity contribution >= 4 is 39.8 Å². The molecule has 4 heteroatoms. The summed E-state index contributed by atoms with van der Waals surface area (Å²) in [5.41, 5.74) is 6.72. The highest BCUT2D eigenvalue weighted by atomic mass is 35.5. The van der Waals surface area contributed by atoms with Crippen LogP contribution in [0.5, 0.6) is 0 Å². The Morgan fingerprint density at radius 3 is 2.79 bits per heavy atom. The fourth-order valence-electron chi connectivity index (χ4n) is 1.93. The molecular formula is C15H11ClN2S. The molecule has 0 spiro atoms. The van der Waals surface area contributed by atoms with Crippen LogP contribution in [0.1, 0.15) is 0 Å². The predicted octanol–water partition coefficient (Wildman–Crippen LogP) is 4.62. The van der Waals surface area contributed by atoms with E-state index in [2.05, 4.69) is 4.98 Å². The van der Waals surface area contributed by atoms with Gasteiger partial charge in [0.05, 0.1) is 0 Å². The minimum Gasteiger partial charge on any atom is -0.398 e. The van der Waals surface area contributed by atoms with Gasteiger partial charge in [-0.05, 0) is 36.4 Å². The Morgan fingerprint density at radius 1 is 1.05 bits per heavy atom. The van der Waals surface area contributed by atoms with Gasteiger partial charge in [-0.25, -0.2) is 0 Å². The molecule has 94 valence electrons. The van der Waals surface area contributed by atoms with Crippen LogP contribution in [0.3, 0.4) is 0 Å². The first-order chi connectivity index (χ1) is 9.24. The molecule has 19 heavy (non-hydrogen) atoms. The van der Waals surface area contributed by atoms with E-state index < -0.39 is 0 Å². The number of hydrogen-bond donors (Lipinski definition) is 1. The highest BCUT2D eigenvalue weighted by Crippen LogP contribution is 2.35. The van der Waals surface area contributed by atoms with Gasteiger partial charge in [-0.3, -0.25) is 4.98 Å². The summed E-state index contributed by atoms with van der Waals surface area (Å²) in [5, 5.41) is 2.83. The molecule has 2 aromatic carbocycles. The largest absolute Gasteiger partial charge is 0.398 e. The molecule has 1 heterocycles. The SMILES string of the molecule is Nc1ccc(Sc2cccc(Cl)c2)c2ccncc12. The lowest BCUT2D eigenvalue weighted by Gasteiger charge is -2.08. The Labute approximate surface area is 120 Å². The van der Waals surface area contributed by atoms with E-state index in [9.17, 15) is 0 Å². The Balaban J connectivity index is 2.09. The van der Waals surface area contributed by atoms with Crippen molar-refractivity contribution in [2.45, 2.75) is 9.79 Å². The number of halogens is 1. The van der Waals surface area contributed by atoms with Crippen LogP contribution in [0.25, 0.3) is 10.8 Å². The quantitative estimate of drug-likeness (QED) is 0.699. The molecule has 0 atom stereocenters. The van der Waals surface area contributed by atoms with Gasteiger partial charge in [-0.15, -0.1) is 0 Å². The van der Waals surface area contributed by atoms with Gasteiger partial charge < -0.3 is 5.73 Å². The van der Waals surface area contributed by atoms with Crippen LogP contribution < -0.4 is 5.73 Å². The van der Waals surface area contributed by atoms with E-state index in [4.69, 9.17) is 17.3 Å². The molecule has 0 aliphatic heterocycles. The second kappa shape index (κ2) is 5.11. The lowest BCUT2D eigenvalue weighted by molar-refractivity contribution is 1.35. The van der Waals surface area contributed by atoms with E-state index in [1.54, 1.807) is 24.2 Å². The van der Waals surface area contributed by atoms with Crippen molar-refractivity contribution in [1.29, 1.82) is 0 Å². The lowest BCUT2D eigenvalue weighted by atomic mass is 10.1. The molecule has 0 saturated heterocycles. The van der Waals surface area contributed by atoms with E-state index >= 15 is 0 Å². The first-order valence-electron chi connectivity index (χ1n) is 5.80. The molecule has 3 aromatic rings. The van der Waals surface area contributed by atoms with Crippen LogP contribution in [0.15, 0.2) is 64.6 Å². The fraction of sp³-hybridized carbons (Fsp3) is 0. The summed E-state index contributed by atoms with van der Waals surface area (Å²) in [7, 11) is 0. The third-order valence-corrected chi connectivity index (χ3v) is 4.14. The van der Waals surface area contributed by atoms with E-state index in [1.165, 1.54) is 0 Å². The Bertz CT molecular complexity index is 743. The number of nitrogen functional groups attached to an aromatic ring is 1. The molecule has 1 aromatic heterocycles. The molecule has 2 nitrogen and oxygen atoms in total. The molecule has 0 radical (unpaired) electrons. The van der Waals surface area contributed by atoms with Crippen molar-refractivity contribution < 1.29 is 0 Å². The summed E-state index contributed by atoms with van der Waals surface area (Å²) >= 11 is 7.68. The van der Waals surface area contributed by atoms with Crippen LogP contribution in [0.4, 0.5) is 5.69 Å². The van der Waals surface area contributed by atoms with Gasteiger partial charge in [-0.2, -0.15) is 0 Å².